The highest BCUT2D eigenvalue weighted by atomic mass is 16.5. The van der Waals surface area contributed by atoms with Gasteiger partial charge in [0.1, 0.15) is 5.75 Å². The summed E-state index contributed by atoms with van der Waals surface area (Å²) in [6.07, 6.45) is 1.03. The summed E-state index contributed by atoms with van der Waals surface area (Å²) in [5, 5.41) is 9.45. The van der Waals surface area contributed by atoms with Gasteiger partial charge in [-0.15, -0.1) is 0 Å². The predicted molar refractivity (Wildman–Crippen MR) is 82.7 cm³/mol. The maximum absolute atomic E-state index is 11.5. The molecule has 2 rings (SSSR count). The first-order valence-electron chi connectivity index (χ1n) is 7.00. The molecule has 0 saturated carbocycles. The topological polar surface area (TPSA) is 46.5 Å². The van der Waals surface area contributed by atoms with E-state index in [-0.39, 0.29) is 0 Å². The van der Waals surface area contributed by atoms with Crippen molar-refractivity contribution in [2.24, 2.45) is 5.92 Å². The highest BCUT2D eigenvalue weighted by molar-refractivity contribution is 5.71. The highest BCUT2D eigenvalue weighted by Crippen LogP contribution is 2.19. The van der Waals surface area contributed by atoms with E-state index < -0.39 is 11.9 Å². The van der Waals surface area contributed by atoms with E-state index in [0.29, 0.717) is 12.8 Å². The molecule has 0 amide bonds. The van der Waals surface area contributed by atoms with Gasteiger partial charge in [0.05, 0.1) is 13.0 Å². The van der Waals surface area contributed by atoms with Crippen molar-refractivity contribution in [3.05, 3.63) is 65.2 Å². The second kappa shape index (κ2) is 6.93. The van der Waals surface area contributed by atoms with Crippen LogP contribution in [0.3, 0.4) is 0 Å². The molecule has 21 heavy (non-hydrogen) atoms. The zero-order valence-electron chi connectivity index (χ0n) is 12.4. The minimum absolute atomic E-state index is 0.431. The van der Waals surface area contributed by atoms with Crippen molar-refractivity contribution in [1.29, 1.82) is 0 Å². The normalized spacial score (nSPS) is 11.9. The van der Waals surface area contributed by atoms with Crippen molar-refractivity contribution < 1.29 is 14.6 Å². The molecule has 0 aliphatic heterocycles. The van der Waals surface area contributed by atoms with Crippen LogP contribution in [0.4, 0.5) is 0 Å². The molecule has 2 aromatic rings. The average molecular weight is 284 g/mol. The number of carboxylic acid groups (broad SMARTS) is 1. The van der Waals surface area contributed by atoms with Gasteiger partial charge in [0.15, 0.2) is 0 Å². The van der Waals surface area contributed by atoms with Gasteiger partial charge in [-0.2, -0.15) is 0 Å². The van der Waals surface area contributed by atoms with Crippen molar-refractivity contribution in [3.8, 4) is 5.75 Å². The number of aliphatic carboxylic acids is 1. The lowest BCUT2D eigenvalue weighted by atomic mass is 9.92. The second-order valence-electron chi connectivity index (χ2n) is 5.28. The molecule has 3 nitrogen and oxygen atoms in total. The van der Waals surface area contributed by atoms with Gasteiger partial charge in [-0.25, -0.2) is 0 Å². The maximum atomic E-state index is 11.5. The molecular weight excluding hydrogens is 264 g/mol. The van der Waals surface area contributed by atoms with E-state index >= 15 is 0 Å². The van der Waals surface area contributed by atoms with E-state index in [1.807, 2.05) is 55.5 Å². The summed E-state index contributed by atoms with van der Waals surface area (Å²) in [5.41, 5.74) is 3.21. The van der Waals surface area contributed by atoms with Crippen molar-refractivity contribution in [1.82, 2.24) is 0 Å². The SMILES string of the molecule is COc1cccc(CC(Cc2ccc(C)cc2)C(=O)O)c1. The molecule has 0 bridgehead atoms. The van der Waals surface area contributed by atoms with Crippen molar-refractivity contribution in [3.63, 3.8) is 0 Å². The van der Waals surface area contributed by atoms with Crippen LogP contribution in [-0.4, -0.2) is 18.2 Å². The predicted octanol–water partition coefficient (Wildman–Crippen LogP) is 3.49. The third-order valence-corrected chi connectivity index (χ3v) is 3.57. The Morgan fingerprint density at radius 3 is 2.38 bits per heavy atom. The summed E-state index contributed by atoms with van der Waals surface area (Å²) < 4.78 is 5.18. The molecule has 0 aliphatic rings. The first-order chi connectivity index (χ1) is 10.1. The Kier molecular flexibility index (Phi) is 4.99. The number of methoxy groups -OCH3 is 1. The maximum Gasteiger partial charge on any atom is 0.307 e. The van der Waals surface area contributed by atoms with Gasteiger partial charge in [-0.3, -0.25) is 4.79 Å². The highest BCUT2D eigenvalue weighted by Gasteiger charge is 2.18. The number of carbonyl (C=O) groups is 1. The van der Waals surface area contributed by atoms with E-state index in [1.165, 1.54) is 5.56 Å². The molecule has 2 aromatic carbocycles. The molecule has 1 atom stereocenters. The molecule has 0 aromatic heterocycles. The second-order valence-corrected chi connectivity index (χ2v) is 5.28. The Morgan fingerprint density at radius 2 is 1.76 bits per heavy atom. The van der Waals surface area contributed by atoms with Crippen molar-refractivity contribution >= 4 is 5.97 Å². The standard InChI is InChI=1S/C18H20O3/c1-13-6-8-14(9-7-13)10-16(18(19)20)11-15-4-3-5-17(12-15)21-2/h3-9,12,16H,10-11H2,1-2H3,(H,19,20). The Balaban J connectivity index is 2.11. The number of benzene rings is 2. The van der Waals surface area contributed by atoms with Crippen LogP contribution in [0.1, 0.15) is 16.7 Å². The number of carboxylic acids is 1. The van der Waals surface area contributed by atoms with Crippen LogP contribution in [0, 0.1) is 12.8 Å². The molecule has 110 valence electrons. The molecule has 1 N–H and O–H groups in total. The molecular formula is C18H20O3. The summed E-state index contributed by atoms with van der Waals surface area (Å²) >= 11 is 0. The van der Waals surface area contributed by atoms with Gasteiger partial charge in [0.2, 0.25) is 0 Å². The first kappa shape index (κ1) is 15.1. The Hall–Kier alpha value is -2.29. The number of rotatable bonds is 6. The minimum atomic E-state index is -0.765. The monoisotopic (exact) mass is 284 g/mol. The summed E-state index contributed by atoms with van der Waals surface area (Å²) in [4.78, 5) is 11.5. The lowest BCUT2D eigenvalue weighted by Gasteiger charge is -2.13. The van der Waals surface area contributed by atoms with Gasteiger partial charge >= 0.3 is 5.97 Å². The van der Waals surface area contributed by atoms with Crippen LogP contribution < -0.4 is 4.74 Å². The zero-order valence-corrected chi connectivity index (χ0v) is 12.4. The fraction of sp³-hybridized carbons (Fsp3) is 0.278. The molecule has 3 heteroatoms. The molecule has 0 heterocycles. The number of aryl methyl sites for hydroxylation is 1. The molecule has 0 radical (unpaired) electrons. The Morgan fingerprint density at radius 1 is 1.10 bits per heavy atom. The molecule has 0 fully saturated rings. The van der Waals surface area contributed by atoms with Crippen LogP contribution in [0.5, 0.6) is 5.75 Å². The van der Waals surface area contributed by atoms with Gasteiger partial charge < -0.3 is 9.84 Å². The first-order valence-corrected chi connectivity index (χ1v) is 7.00. The molecule has 0 aliphatic carbocycles. The Bertz CT molecular complexity index is 602. The number of ether oxygens (including phenoxy) is 1. The summed E-state index contributed by atoms with van der Waals surface area (Å²) in [6.45, 7) is 2.02. The smallest absolute Gasteiger partial charge is 0.307 e. The zero-order chi connectivity index (χ0) is 15.2. The largest absolute Gasteiger partial charge is 0.497 e. The van der Waals surface area contributed by atoms with Crippen LogP contribution in [-0.2, 0) is 17.6 Å². The fourth-order valence-corrected chi connectivity index (χ4v) is 2.34. The van der Waals surface area contributed by atoms with Gasteiger partial charge in [0, 0.05) is 0 Å². The van der Waals surface area contributed by atoms with E-state index in [0.717, 1.165) is 16.9 Å². The van der Waals surface area contributed by atoms with Crippen LogP contribution in [0.25, 0.3) is 0 Å². The molecule has 0 spiro atoms. The van der Waals surface area contributed by atoms with Crippen LogP contribution in [0.15, 0.2) is 48.5 Å². The van der Waals surface area contributed by atoms with Gasteiger partial charge in [-0.1, -0.05) is 42.0 Å². The molecule has 1 unspecified atom stereocenters. The van der Waals surface area contributed by atoms with Crippen LogP contribution in [0.2, 0.25) is 0 Å². The lowest BCUT2D eigenvalue weighted by molar-refractivity contribution is -0.141. The Labute approximate surface area is 125 Å². The number of hydrogen-bond acceptors (Lipinski definition) is 2. The lowest BCUT2D eigenvalue weighted by Crippen LogP contribution is -2.19. The van der Waals surface area contributed by atoms with Crippen molar-refractivity contribution in [2.45, 2.75) is 19.8 Å². The quantitative estimate of drug-likeness (QED) is 0.883. The van der Waals surface area contributed by atoms with E-state index in [9.17, 15) is 9.90 Å². The van der Waals surface area contributed by atoms with Crippen molar-refractivity contribution in [2.75, 3.05) is 7.11 Å². The third-order valence-electron chi connectivity index (χ3n) is 3.57. The molecule has 0 saturated heterocycles. The van der Waals surface area contributed by atoms with Gasteiger partial charge in [-0.05, 0) is 43.0 Å². The summed E-state index contributed by atoms with van der Waals surface area (Å²) in [7, 11) is 1.61. The third kappa shape index (κ3) is 4.35. The average Bonchev–Trinajstić information content (AvgIpc) is 2.49. The van der Waals surface area contributed by atoms with E-state index in [4.69, 9.17) is 4.74 Å². The van der Waals surface area contributed by atoms with Crippen LogP contribution >= 0.6 is 0 Å². The van der Waals surface area contributed by atoms with Gasteiger partial charge in [0.25, 0.3) is 0 Å². The number of hydrogen-bond donors (Lipinski definition) is 1. The fourth-order valence-electron chi connectivity index (χ4n) is 2.34. The van der Waals surface area contributed by atoms with E-state index in [1.54, 1.807) is 7.11 Å². The van der Waals surface area contributed by atoms with E-state index in [2.05, 4.69) is 0 Å². The summed E-state index contributed by atoms with van der Waals surface area (Å²) in [5.74, 6) is -0.440. The minimum Gasteiger partial charge on any atom is -0.497 e. The summed E-state index contributed by atoms with van der Waals surface area (Å²) in [6, 6.07) is 15.6.